The fourth-order valence-corrected chi connectivity index (χ4v) is 3.18. The van der Waals surface area contributed by atoms with Gasteiger partial charge in [0.25, 0.3) is 0 Å². The molecule has 0 saturated carbocycles. The summed E-state index contributed by atoms with van der Waals surface area (Å²) in [6.07, 6.45) is 4.21. The van der Waals surface area contributed by atoms with Gasteiger partial charge >= 0.3 is 0 Å². The van der Waals surface area contributed by atoms with Crippen LogP contribution in [0.2, 0.25) is 0 Å². The zero-order valence-corrected chi connectivity index (χ0v) is 16.3. The molecule has 4 nitrogen and oxygen atoms in total. The first-order chi connectivity index (χ1) is 12.1. The summed E-state index contributed by atoms with van der Waals surface area (Å²) in [6, 6.07) is 8.03. The topological polar surface area (TPSA) is 38.9 Å². The summed E-state index contributed by atoms with van der Waals surface area (Å²) >= 11 is 1.60. The average molecular weight is 358 g/mol. The molecule has 1 aromatic carbocycles. The summed E-state index contributed by atoms with van der Waals surface area (Å²) in [5, 5.41) is 6.85. The van der Waals surface area contributed by atoms with Gasteiger partial charge in [0.1, 0.15) is 5.75 Å². The van der Waals surface area contributed by atoms with Crippen LogP contribution in [0.4, 0.5) is 0 Å². The monoisotopic (exact) mass is 357 g/mol. The molecule has 5 heteroatoms. The van der Waals surface area contributed by atoms with Crippen LogP contribution < -0.4 is 9.54 Å². The van der Waals surface area contributed by atoms with E-state index < -0.39 is 0 Å². The maximum atomic E-state index is 5.25. The molecule has 0 aliphatic carbocycles. The molecule has 0 radical (unpaired) electrons. The minimum Gasteiger partial charge on any atom is -0.497 e. The quantitative estimate of drug-likeness (QED) is 0.485. The molecule has 2 rings (SSSR count). The van der Waals surface area contributed by atoms with Crippen molar-refractivity contribution in [2.45, 2.75) is 33.6 Å². The van der Waals surface area contributed by atoms with Crippen LogP contribution in [0.5, 0.6) is 5.75 Å². The third-order valence-corrected chi connectivity index (χ3v) is 4.85. The fraction of sp³-hybridized carbons (Fsp3) is 0.400. The molecule has 0 atom stereocenters. The standard InChI is InChI=1S/C20H27N3OS/c1-6-16(7-2)13-22-23-19(14-25-20(23)21-12-15(3)4)17-8-10-18(24-5)11-9-17/h8-11,13-14,16H,3,6-7,12H2,1-2,4-5H3. The molecular weight excluding hydrogens is 330 g/mol. The second-order valence-electron chi connectivity index (χ2n) is 6.06. The first kappa shape index (κ1) is 19.2. The van der Waals surface area contributed by atoms with Crippen LogP contribution in [-0.2, 0) is 0 Å². The van der Waals surface area contributed by atoms with E-state index in [-0.39, 0.29) is 0 Å². The molecule has 0 fully saturated rings. The van der Waals surface area contributed by atoms with Crippen LogP contribution >= 0.6 is 11.3 Å². The Morgan fingerprint density at radius 2 is 1.96 bits per heavy atom. The van der Waals surface area contributed by atoms with Gasteiger partial charge in [-0.25, -0.2) is 4.68 Å². The first-order valence-electron chi connectivity index (χ1n) is 8.63. The smallest absolute Gasteiger partial charge is 0.206 e. The predicted molar refractivity (Wildman–Crippen MR) is 108 cm³/mol. The normalized spacial score (nSPS) is 12.3. The average Bonchev–Trinajstić information content (AvgIpc) is 3.03. The zero-order chi connectivity index (χ0) is 18.2. The van der Waals surface area contributed by atoms with E-state index in [2.05, 4.69) is 30.8 Å². The van der Waals surface area contributed by atoms with E-state index in [0.29, 0.717) is 12.5 Å². The Morgan fingerprint density at radius 1 is 1.28 bits per heavy atom. The lowest BCUT2D eigenvalue weighted by Gasteiger charge is -2.07. The van der Waals surface area contributed by atoms with Crippen molar-refractivity contribution in [3.63, 3.8) is 0 Å². The number of hydrogen-bond donors (Lipinski definition) is 0. The Hall–Kier alpha value is -2.14. The maximum absolute atomic E-state index is 5.25. The highest BCUT2D eigenvalue weighted by Gasteiger charge is 2.08. The van der Waals surface area contributed by atoms with Gasteiger partial charge in [0.15, 0.2) is 0 Å². The molecule has 134 valence electrons. The summed E-state index contributed by atoms with van der Waals surface area (Å²) in [6.45, 7) is 10.9. The van der Waals surface area contributed by atoms with Crippen molar-refractivity contribution in [2.24, 2.45) is 16.0 Å². The molecule has 0 bridgehead atoms. The number of methoxy groups -OCH3 is 1. The molecule has 25 heavy (non-hydrogen) atoms. The van der Waals surface area contributed by atoms with Gasteiger partial charge in [-0.1, -0.05) is 26.0 Å². The summed E-state index contributed by atoms with van der Waals surface area (Å²) in [5.41, 5.74) is 3.17. The number of rotatable bonds is 8. The van der Waals surface area contributed by atoms with Crippen LogP contribution in [-0.4, -0.2) is 24.5 Å². The first-order valence-corrected chi connectivity index (χ1v) is 9.51. The number of thiazole rings is 1. The van der Waals surface area contributed by atoms with Crippen molar-refractivity contribution >= 4 is 17.6 Å². The van der Waals surface area contributed by atoms with Crippen molar-refractivity contribution in [1.29, 1.82) is 0 Å². The van der Waals surface area contributed by atoms with Crippen LogP contribution in [0, 0.1) is 5.92 Å². The van der Waals surface area contributed by atoms with Gasteiger partial charge in [0, 0.05) is 17.2 Å². The number of hydrogen-bond acceptors (Lipinski definition) is 4. The van der Waals surface area contributed by atoms with Gasteiger partial charge in [0.05, 0.1) is 19.3 Å². The largest absolute Gasteiger partial charge is 0.497 e. The lowest BCUT2D eigenvalue weighted by molar-refractivity contribution is 0.415. The summed E-state index contributed by atoms with van der Waals surface area (Å²) in [7, 11) is 1.67. The van der Waals surface area contributed by atoms with Crippen LogP contribution in [0.1, 0.15) is 33.6 Å². The van der Waals surface area contributed by atoms with Crippen LogP contribution in [0.15, 0.2) is 51.9 Å². The van der Waals surface area contributed by atoms with Crippen molar-refractivity contribution in [1.82, 2.24) is 4.68 Å². The van der Waals surface area contributed by atoms with Crippen molar-refractivity contribution in [2.75, 3.05) is 13.7 Å². The molecule has 0 aliphatic rings. The number of benzene rings is 1. The number of nitrogens with zero attached hydrogens (tertiary/aromatic N) is 3. The second-order valence-corrected chi connectivity index (χ2v) is 6.89. The van der Waals surface area contributed by atoms with E-state index in [1.165, 1.54) is 0 Å². The molecule has 2 aromatic rings. The highest BCUT2D eigenvalue weighted by atomic mass is 32.1. The molecular formula is C20H27N3OS. The van der Waals surface area contributed by atoms with Gasteiger partial charge in [-0.2, -0.15) is 5.10 Å². The molecule has 1 aromatic heterocycles. The lowest BCUT2D eigenvalue weighted by Crippen LogP contribution is -2.14. The van der Waals surface area contributed by atoms with Gasteiger partial charge < -0.3 is 4.74 Å². The van der Waals surface area contributed by atoms with Gasteiger partial charge in [0.2, 0.25) is 4.80 Å². The third-order valence-electron chi connectivity index (χ3n) is 4.00. The minimum absolute atomic E-state index is 0.477. The summed E-state index contributed by atoms with van der Waals surface area (Å²) < 4.78 is 7.19. The van der Waals surface area contributed by atoms with E-state index in [4.69, 9.17) is 9.84 Å². The molecule has 1 heterocycles. The zero-order valence-electron chi connectivity index (χ0n) is 15.5. The number of aromatic nitrogens is 1. The molecule has 0 amide bonds. The van der Waals surface area contributed by atoms with Crippen LogP contribution in [0.3, 0.4) is 0 Å². The SMILES string of the molecule is C=C(C)CN=c1scc(-c2ccc(OC)cc2)n1N=CC(CC)CC. The molecule has 0 unspecified atom stereocenters. The lowest BCUT2D eigenvalue weighted by atomic mass is 10.1. The van der Waals surface area contributed by atoms with E-state index in [9.17, 15) is 0 Å². The third kappa shape index (κ3) is 5.16. The highest BCUT2D eigenvalue weighted by molar-refractivity contribution is 7.07. The van der Waals surface area contributed by atoms with E-state index >= 15 is 0 Å². The number of ether oxygens (including phenoxy) is 1. The fourth-order valence-electron chi connectivity index (χ4n) is 2.34. The van der Waals surface area contributed by atoms with Crippen molar-refractivity contribution < 1.29 is 4.74 Å². The van der Waals surface area contributed by atoms with Gasteiger partial charge in [-0.15, -0.1) is 11.3 Å². The van der Waals surface area contributed by atoms with Crippen molar-refractivity contribution in [3.8, 4) is 17.0 Å². The molecule has 0 N–H and O–H groups in total. The van der Waals surface area contributed by atoms with E-state index in [1.807, 2.05) is 42.1 Å². The molecule has 0 saturated heterocycles. The molecule has 0 aliphatic heterocycles. The van der Waals surface area contributed by atoms with E-state index in [1.54, 1.807) is 18.4 Å². The van der Waals surface area contributed by atoms with Crippen LogP contribution in [0.25, 0.3) is 11.3 Å². The Bertz CT molecular complexity index is 780. The Kier molecular flexibility index (Phi) is 7.19. The summed E-state index contributed by atoms with van der Waals surface area (Å²) in [4.78, 5) is 5.54. The van der Waals surface area contributed by atoms with Gasteiger partial charge in [-0.3, -0.25) is 4.99 Å². The highest BCUT2D eigenvalue weighted by Crippen LogP contribution is 2.23. The predicted octanol–water partition coefficient (Wildman–Crippen LogP) is 4.97. The second kappa shape index (κ2) is 9.37. The Labute approximate surface area is 154 Å². The Balaban J connectivity index is 2.47. The summed E-state index contributed by atoms with van der Waals surface area (Å²) in [5.74, 6) is 1.32. The van der Waals surface area contributed by atoms with E-state index in [0.717, 1.165) is 40.2 Å². The maximum Gasteiger partial charge on any atom is 0.206 e. The van der Waals surface area contributed by atoms with Gasteiger partial charge in [-0.05, 0) is 49.9 Å². The van der Waals surface area contributed by atoms with Crippen molar-refractivity contribution in [3.05, 3.63) is 46.6 Å². The Morgan fingerprint density at radius 3 is 2.52 bits per heavy atom. The minimum atomic E-state index is 0.477. The molecule has 0 spiro atoms.